The molecule has 1 fully saturated rings. The Kier molecular flexibility index (Phi) is 6.51. The zero-order valence-electron chi connectivity index (χ0n) is 19.2. The molecule has 2 amide bonds. The van der Waals surface area contributed by atoms with Crippen LogP contribution in [0.5, 0.6) is 0 Å². The Hall–Kier alpha value is -3.68. The second-order valence-corrected chi connectivity index (χ2v) is 9.82. The summed E-state index contributed by atoms with van der Waals surface area (Å²) in [6.07, 6.45) is 1.69. The SMILES string of the molecule is Cc1c(/C=C2\SC(=O)N(CC(=O)c3ccc(Cl)cc3)C2=O)c2ccccc2n1Cc1ccccc1F. The molecule has 1 aliphatic heterocycles. The molecule has 5 rings (SSSR count). The van der Waals surface area contributed by atoms with Crippen molar-refractivity contribution in [3.8, 4) is 0 Å². The zero-order chi connectivity index (χ0) is 25.4. The van der Waals surface area contributed by atoms with Crippen molar-refractivity contribution >= 4 is 57.3 Å². The highest BCUT2D eigenvalue weighted by atomic mass is 35.5. The summed E-state index contributed by atoms with van der Waals surface area (Å²) in [6, 6.07) is 20.6. The van der Waals surface area contributed by atoms with Crippen LogP contribution in [0, 0.1) is 12.7 Å². The summed E-state index contributed by atoms with van der Waals surface area (Å²) in [5, 5.41) is 0.877. The quantitative estimate of drug-likeness (QED) is 0.210. The number of Topliss-reactive ketones (excluding diaryl/α,β-unsaturated/α-hetero) is 1. The number of nitrogens with zero attached hydrogens (tertiary/aromatic N) is 2. The molecule has 3 aromatic carbocycles. The molecular weight excluding hydrogens is 499 g/mol. The van der Waals surface area contributed by atoms with Gasteiger partial charge in [0.2, 0.25) is 0 Å². The Morgan fingerprint density at radius 1 is 1.00 bits per heavy atom. The van der Waals surface area contributed by atoms with E-state index in [1.54, 1.807) is 48.5 Å². The van der Waals surface area contributed by atoms with E-state index in [1.807, 2.05) is 35.8 Å². The first-order valence-electron chi connectivity index (χ1n) is 11.2. The minimum Gasteiger partial charge on any atom is -0.340 e. The predicted octanol–water partition coefficient (Wildman–Crippen LogP) is 6.71. The third kappa shape index (κ3) is 4.47. The molecule has 0 spiro atoms. The summed E-state index contributed by atoms with van der Waals surface area (Å²) in [7, 11) is 0. The molecule has 36 heavy (non-hydrogen) atoms. The molecule has 8 heteroatoms. The molecule has 0 bridgehead atoms. The Labute approximate surface area is 216 Å². The van der Waals surface area contributed by atoms with E-state index >= 15 is 0 Å². The number of fused-ring (bicyclic) bond motifs is 1. The lowest BCUT2D eigenvalue weighted by Crippen LogP contribution is -2.33. The van der Waals surface area contributed by atoms with Crippen LogP contribution in [0.3, 0.4) is 0 Å². The largest absolute Gasteiger partial charge is 0.340 e. The van der Waals surface area contributed by atoms with Crippen molar-refractivity contribution < 1.29 is 18.8 Å². The van der Waals surface area contributed by atoms with Crippen LogP contribution in [0.4, 0.5) is 9.18 Å². The summed E-state index contributed by atoms with van der Waals surface area (Å²) in [4.78, 5) is 39.6. The van der Waals surface area contributed by atoms with E-state index in [0.29, 0.717) is 22.7 Å². The fraction of sp³-hybridized carbons (Fsp3) is 0.107. The standard InChI is InChI=1S/C28H20ClFN2O3S/c1-17-22(21-7-3-5-9-24(21)31(17)15-19-6-2-4-8-23(19)30)14-26-27(34)32(28(35)36-26)16-25(33)18-10-12-20(29)13-11-18/h2-14H,15-16H2,1H3/b26-14-. The lowest BCUT2D eigenvalue weighted by molar-refractivity contribution is -0.122. The van der Waals surface area contributed by atoms with E-state index in [2.05, 4.69) is 0 Å². The van der Waals surface area contributed by atoms with Gasteiger partial charge in [-0.2, -0.15) is 0 Å². The van der Waals surface area contributed by atoms with Crippen molar-refractivity contribution in [2.45, 2.75) is 13.5 Å². The number of para-hydroxylation sites is 1. The number of hydrogen-bond donors (Lipinski definition) is 0. The first kappa shape index (κ1) is 24.0. The van der Waals surface area contributed by atoms with E-state index in [1.165, 1.54) is 6.07 Å². The number of carbonyl (C=O) groups is 3. The van der Waals surface area contributed by atoms with Crippen molar-refractivity contribution in [3.63, 3.8) is 0 Å². The van der Waals surface area contributed by atoms with Crippen molar-refractivity contribution in [3.05, 3.63) is 111 Å². The van der Waals surface area contributed by atoms with Crippen molar-refractivity contribution in [2.24, 2.45) is 0 Å². The van der Waals surface area contributed by atoms with Gasteiger partial charge in [-0.05, 0) is 61.2 Å². The minimum atomic E-state index is -0.516. The normalized spacial score (nSPS) is 14.9. The van der Waals surface area contributed by atoms with Gasteiger partial charge in [0.25, 0.3) is 11.1 Å². The fourth-order valence-corrected chi connectivity index (χ4v) is 5.22. The molecule has 1 aromatic heterocycles. The maximum atomic E-state index is 14.4. The lowest BCUT2D eigenvalue weighted by atomic mass is 10.1. The summed E-state index contributed by atoms with van der Waals surface area (Å²) in [5.41, 5.74) is 3.42. The molecule has 1 saturated heterocycles. The molecule has 4 aromatic rings. The van der Waals surface area contributed by atoms with E-state index in [4.69, 9.17) is 11.6 Å². The highest BCUT2D eigenvalue weighted by Gasteiger charge is 2.36. The van der Waals surface area contributed by atoms with E-state index in [-0.39, 0.29) is 23.1 Å². The molecule has 0 atom stereocenters. The van der Waals surface area contributed by atoms with Crippen LogP contribution in [0.1, 0.15) is 27.2 Å². The Morgan fingerprint density at radius 2 is 1.69 bits per heavy atom. The van der Waals surface area contributed by atoms with Crippen LogP contribution < -0.4 is 0 Å². The molecule has 0 aliphatic carbocycles. The average molecular weight is 519 g/mol. The first-order chi connectivity index (χ1) is 17.3. The van der Waals surface area contributed by atoms with Crippen LogP contribution in [-0.2, 0) is 11.3 Å². The number of amides is 2. The third-order valence-corrected chi connectivity index (χ3v) is 7.34. The molecule has 2 heterocycles. The van der Waals surface area contributed by atoms with Gasteiger partial charge in [-0.1, -0.05) is 48.0 Å². The molecule has 180 valence electrons. The number of aromatic nitrogens is 1. The van der Waals surface area contributed by atoms with Gasteiger partial charge < -0.3 is 4.57 Å². The Morgan fingerprint density at radius 3 is 2.44 bits per heavy atom. The van der Waals surface area contributed by atoms with Crippen LogP contribution >= 0.6 is 23.4 Å². The summed E-state index contributed by atoms with van der Waals surface area (Å²) >= 11 is 6.68. The predicted molar refractivity (Wildman–Crippen MR) is 141 cm³/mol. The Balaban J connectivity index is 1.47. The number of imide groups is 1. The number of hydrogen-bond acceptors (Lipinski definition) is 4. The van der Waals surface area contributed by atoms with Crippen molar-refractivity contribution in [1.82, 2.24) is 9.47 Å². The monoisotopic (exact) mass is 518 g/mol. The van der Waals surface area contributed by atoms with Gasteiger partial charge in [0.15, 0.2) is 5.78 Å². The maximum Gasteiger partial charge on any atom is 0.293 e. The number of carbonyl (C=O) groups excluding carboxylic acids is 3. The van der Waals surface area contributed by atoms with Gasteiger partial charge in [-0.15, -0.1) is 0 Å². The molecule has 5 nitrogen and oxygen atoms in total. The first-order valence-corrected chi connectivity index (χ1v) is 12.4. The molecule has 0 N–H and O–H groups in total. The van der Waals surface area contributed by atoms with Crippen LogP contribution in [0.15, 0.2) is 77.7 Å². The van der Waals surface area contributed by atoms with E-state index in [0.717, 1.165) is 38.8 Å². The molecule has 0 saturated carbocycles. The number of thioether (sulfide) groups is 1. The van der Waals surface area contributed by atoms with Gasteiger partial charge in [0.05, 0.1) is 18.0 Å². The summed E-state index contributed by atoms with van der Waals surface area (Å²) in [6.45, 7) is 1.88. The topological polar surface area (TPSA) is 59.4 Å². The third-order valence-electron chi connectivity index (χ3n) is 6.18. The van der Waals surface area contributed by atoms with Crippen molar-refractivity contribution in [2.75, 3.05) is 6.54 Å². The van der Waals surface area contributed by atoms with Crippen LogP contribution in [0.2, 0.25) is 5.02 Å². The molecule has 0 unspecified atom stereocenters. The minimum absolute atomic E-state index is 0.237. The van der Waals surface area contributed by atoms with Gasteiger partial charge >= 0.3 is 0 Å². The van der Waals surface area contributed by atoms with E-state index < -0.39 is 11.1 Å². The average Bonchev–Trinajstić information content (AvgIpc) is 3.29. The lowest BCUT2D eigenvalue weighted by Gasteiger charge is -2.11. The second kappa shape index (κ2) is 9.76. The second-order valence-electron chi connectivity index (χ2n) is 8.39. The fourth-order valence-electron chi connectivity index (χ4n) is 4.28. The zero-order valence-corrected chi connectivity index (χ0v) is 20.8. The van der Waals surface area contributed by atoms with Crippen LogP contribution in [0.25, 0.3) is 17.0 Å². The van der Waals surface area contributed by atoms with Gasteiger partial charge in [0.1, 0.15) is 5.82 Å². The maximum absolute atomic E-state index is 14.4. The smallest absolute Gasteiger partial charge is 0.293 e. The molecular formula is C28H20ClFN2O3S. The van der Waals surface area contributed by atoms with Crippen molar-refractivity contribution in [1.29, 1.82) is 0 Å². The van der Waals surface area contributed by atoms with Gasteiger partial charge in [-0.3, -0.25) is 19.3 Å². The van der Waals surface area contributed by atoms with Gasteiger partial charge in [0, 0.05) is 38.3 Å². The Bertz CT molecular complexity index is 1560. The highest BCUT2D eigenvalue weighted by Crippen LogP contribution is 2.36. The van der Waals surface area contributed by atoms with Crippen LogP contribution in [-0.4, -0.2) is 32.9 Å². The number of halogens is 2. The van der Waals surface area contributed by atoms with Gasteiger partial charge in [-0.25, -0.2) is 4.39 Å². The van der Waals surface area contributed by atoms with E-state index in [9.17, 15) is 18.8 Å². The highest BCUT2D eigenvalue weighted by molar-refractivity contribution is 8.18. The summed E-state index contributed by atoms with van der Waals surface area (Å²) < 4.78 is 16.4. The number of rotatable bonds is 6. The summed E-state index contributed by atoms with van der Waals surface area (Å²) in [5.74, 6) is -1.16. The molecule has 1 aliphatic rings. The number of ketones is 1. The number of benzene rings is 3. The molecule has 0 radical (unpaired) electrons.